The maximum Gasteiger partial charge on any atom is 0.173 e. The van der Waals surface area contributed by atoms with E-state index < -0.39 is 0 Å². The molecule has 0 aliphatic rings. The van der Waals surface area contributed by atoms with Gasteiger partial charge in [-0.05, 0) is 25.5 Å². The number of thioether (sulfide) groups is 1. The molecule has 1 aromatic carbocycles. The van der Waals surface area contributed by atoms with Gasteiger partial charge in [-0.3, -0.25) is 4.57 Å². The summed E-state index contributed by atoms with van der Waals surface area (Å²) in [5.74, 6) is 1.59. The first-order valence-electron chi connectivity index (χ1n) is 6.38. The highest BCUT2D eigenvalue weighted by Crippen LogP contribution is 2.25. The summed E-state index contributed by atoms with van der Waals surface area (Å²) in [6.07, 6.45) is 3.80. The van der Waals surface area contributed by atoms with E-state index in [0.717, 1.165) is 28.1 Å². The van der Waals surface area contributed by atoms with E-state index in [2.05, 4.69) is 33.8 Å². The molecule has 0 aliphatic heterocycles. The van der Waals surface area contributed by atoms with Gasteiger partial charge in [-0.15, -0.1) is 0 Å². The predicted octanol–water partition coefficient (Wildman–Crippen LogP) is 3.77. The van der Waals surface area contributed by atoms with Crippen molar-refractivity contribution in [3.63, 3.8) is 0 Å². The number of hydrogen-bond donors (Lipinski definition) is 0. The van der Waals surface area contributed by atoms with E-state index in [4.69, 9.17) is 4.52 Å². The van der Waals surface area contributed by atoms with Crippen LogP contribution < -0.4 is 0 Å². The summed E-state index contributed by atoms with van der Waals surface area (Å²) in [6, 6.07) is 10.2. The lowest BCUT2D eigenvalue weighted by Gasteiger charge is -2.09. The van der Waals surface area contributed by atoms with E-state index in [9.17, 15) is 0 Å². The van der Waals surface area contributed by atoms with E-state index in [1.54, 1.807) is 11.8 Å². The number of nitrogens with zero attached hydrogens (tertiary/aromatic N) is 3. The Kier molecular flexibility index (Phi) is 3.60. The summed E-state index contributed by atoms with van der Waals surface area (Å²) >= 11 is 1.64. The summed E-state index contributed by atoms with van der Waals surface area (Å²) in [6.45, 7) is 4.02. The van der Waals surface area contributed by atoms with Crippen molar-refractivity contribution in [2.24, 2.45) is 0 Å². The molecule has 0 amide bonds. The van der Waals surface area contributed by atoms with Gasteiger partial charge in [-0.25, -0.2) is 4.98 Å². The molecule has 102 valence electrons. The lowest BCUT2D eigenvalue weighted by atomic mass is 10.2. The number of benzene rings is 1. The van der Waals surface area contributed by atoms with Crippen LogP contribution in [0.25, 0.3) is 5.69 Å². The Morgan fingerprint density at radius 1 is 1.25 bits per heavy atom. The Morgan fingerprint density at radius 2 is 2.10 bits per heavy atom. The van der Waals surface area contributed by atoms with Crippen LogP contribution in [0.2, 0.25) is 0 Å². The highest BCUT2D eigenvalue weighted by molar-refractivity contribution is 7.98. The molecule has 0 radical (unpaired) electrons. The third-order valence-electron chi connectivity index (χ3n) is 3.00. The summed E-state index contributed by atoms with van der Waals surface area (Å²) in [5.41, 5.74) is 3.28. The Morgan fingerprint density at radius 3 is 2.85 bits per heavy atom. The quantitative estimate of drug-likeness (QED) is 0.684. The van der Waals surface area contributed by atoms with Crippen LogP contribution in [-0.2, 0) is 5.75 Å². The zero-order valence-electron chi connectivity index (χ0n) is 11.4. The highest BCUT2D eigenvalue weighted by atomic mass is 32.2. The van der Waals surface area contributed by atoms with Crippen LogP contribution in [-0.4, -0.2) is 14.7 Å². The van der Waals surface area contributed by atoms with Gasteiger partial charge in [0.15, 0.2) is 5.16 Å². The molecule has 0 atom stereocenters. The van der Waals surface area contributed by atoms with E-state index in [1.165, 1.54) is 5.56 Å². The first-order chi connectivity index (χ1) is 9.74. The fourth-order valence-electron chi connectivity index (χ4n) is 2.03. The molecule has 3 rings (SSSR count). The average molecular weight is 285 g/mol. The molecule has 0 N–H and O–H groups in total. The molecule has 2 aromatic heterocycles. The monoisotopic (exact) mass is 285 g/mol. The summed E-state index contributed by atoms with van der Waals surface area (Å²) < 4.78 is 7.32. The Labute approximate surface area is 121 Å². The van der Waals surface area contributed by atoms with Crippen LogP contribution in [0.1, 0.15) is 17.0 Å². The molecule has 0 saturated heterocycles. The van der Waals surface area contributed by atoms with Crippen molar-refractivity contribution in [2.75, 3.05) is 0 Å². The molecular weight excluding hydrogens is 270 g/mol. The highest BCUT2D eigenvalue weighted by Gasteiger charge is 2.09. The van der Waals surface area contributed by atoms with Gasteiger partial charge in [0.1, 0.15) is 5.76 Å². The van der Waals surface area contributed by atoms with Crippen molar-refractivity contribution in [3.05, 3.63) is 59.7 Å². The van der Waals surface area contributed by atoms with E-state index in [0.29, 0.717) is 0 Å². The molecule has 0 aliphatic carbocycles. The minimum atomic E-state index is 0.726. The fourth-order valence-corrected chi connectivity index (χ4v) is 2.87. The van der Waals surface area contributed by atoms with Crippen molar-refractivity contribution in [2.45, 2.75) is 24.8 Å². The zero-order valence-corrected chi connectivity index (χ0v) is 12.2. The molecule has 20 heavy (non-hydrogen) atoms. The van der Waals surface area contributed by atoms with Gasteiger partial charge in [0, 0.05) is 18.5 Å². The summed E-state index contributed by atoms with van der Waals surface area (Å²) in [4.78, 5) is 4.42. The van der Waals surface area contributed by atoms with Crippen molar-refractivity contribution in [3.8, 4) is 5.69 Å². The minimum Gasteiger partial charge on any atom is -0.360 e. The van der Waals surface area contributed by atoms with Crippen LogP contribution in [0.5, 0.6) is 0 Å². The second-order valence-corrected chi connectivity index (χ2v) is 5.53. The van der Waals surface area contributed by atoms with Crippen molar-refractivity contribution >= 4 is 11.8 Å². The Balaban J connectivity index is 1.82. The van der Waals surface area contributed by atoms with Gasteiger partial charge in [0.2, 0.25) is 0 Å². The van der Waals surface area contributed by atoms with Crippen LogP contribution in [0.3, 0.4) is 0 Å². The smallest absolute Gasteiger partial charge is 0.173 e. The zero-order chi connectivity index (χ0) is 13.9. The molecule has 5 heteroatoms. The molecule has 0 fully saturated rings. The van der Waals surface area contributed by atoms with Crippen molar-refractivity contribution < 1.29 is 4.52 Å². The number of rotatable bonds is 4. The largest absolute Gasteiger partial charge is 0.360 e. The van der Waals surface area contributed by atoms with E-state index >= 15 is 0 Å². The summed E-state index contributed by atoms with van der Waals surface area (Å²) in [5, 5.41) is 4.85. The topological polar surface area (TPSA) is 43.9 Å². The number of hydrogen-bond acceptors (Lipinski definition) is 4. The second kappa shape index (κ2) is 5.54. The average Bonchev–Trinajstić information content (AvgIpc) is 3.06. The number of aryl methyl sites for hydroxylation is 2. The second-order valence-electron chi connectivity index (χ2n) is 4.59. The molecule has 3 aromatic rings. The number of para-hydroxylation sites is 1. The molecule has 0 saturated carbocycles. The van der Waals surface area contributed by atoms with Gasteiger partial charge >= 0.3 is 0 Å². The van der Waals surface area contributed by atoms with Gasteiger partial charge in [0.25, 0.3) is 0 Å². The van der Waals surface area contributed by atoms with Gasteiger partial charge in [-0.1, -0.05) is 35.1 Å². The summed E-state index contributed by atoms with van der Waals surface area (Å²) in [7, 11) is 0. The minimum absolute atomic E-state index is 0.726. The van der Waals surface area contributed by atoms with Crippen LogP contribution in [0, 0.1) is 13.8 Å². The van der Waals surface area contributed by atoms with Gasteiger partial charge in [0.05, 0.1) is 17.1 Å². The third-order valence-corrected chi connectivity index (χ3v) is 3.99. The van der Waals surface area contributed by atoms with E-state index in [-0.39, 0.29) is 0 Å². The number of imidazole rings is 1. The van der Waals surface area contributed by atoms with Crippen molar-refractivity contribution in [1.29, 1.82) is 0 Å². The maximum absolute atomic E-state index is 5.22. The van der Waals surface area contributed by atoms with Crippen molar-refractivity contribution in [1.82, 2.24) is 14.7 Å². The Hall–Kier alpha value is -2.01. The Bertz CT molecular complexity index is 717. The first kappa shape index (κ1) is 13.0. The van der Waals surface area contributed by atoms with Gasteiger partial charge in [-0.2, -0.15) is 0 Å². The predicted molar refractivity (Wildman–Crippen MR) is 79.1 cm³/mol. The SMILES string of the molecule is Cc1cc(CSc2nccn2-c2ccccc2C)on1. The molecular formula is C15H15N3OS. The number of aromatic nitrogens is 3. The third kappa shape index (κ3) is 2.63. The molecule has 2 heterocycles. The van der Waals surface area contributed by atoms with Gasteiger partial charge < -0.3 is 4.52 Å². The maximum atomic E-state index is 5.22. The normalized spacial score (nSPS) is 10.9. The van der Waals surface area contributed by atoms with Crippen LogP contribution in [0.4, 0.5) is 0 Å². The molecule has 0 unspecified atom stereocenters. The lowest BCUT2D eigenvalue weighted by molar-refractivity contribution is 0.391. The van der Waals surface area contributed by atoms with E-state index in [1.807, 2.05) is 37.5 Å². The first-order valence-corrected chi connectivity index (χ1v) is 7.37. The molecule has 4 nitrogen and oxygen atoms in total. The fraction of sp³-hybridized carbons (Fsp3) is 0.200. The lowest BCUT2D eigenvalue weighted by Crippen LogP contribution is -1.97. The molecule has 0 spiro atoms. The van der Waals surface area contributed by atoms with Crippen LogP contribution >= 0.6 is 11.8 Å². The van der Waals surface area contributed by atoms with Crippen LogP contribution in [0.15, 0.2) is 52.4 Å². The molecule has 0 bridgehead atoms. The standard InChI is InChI=1S/C15H15N3OS/c1-11-5-3-4-6-14(11)18-8-7-16-15(18)20-10-13-9-12(2)17-19-13/h3-9H,10H2,1-2H3.